The fraction of sp³-hybridized carbons (Fsp3) is 0.294. The van der Waals surface area contributed by atoms with Crippen molar-refractivity contribution in [2.75, 3.05) is 7.05 Å². The predicted octanol–water partition coefficient (Wildman–Crippen LogP) is 4.13. The summed E-state index contributed by atoms with van der Waals surface area (Å²) in [6.45, 7) is 0. The third-order valence-electron chi connectivity index (χ3n) is 3.98. The minimum atomic E-state index is 0.0970. The van der Waals surface area contributed by atoms with E-state index in [4.69, 9.17) is 27.9 Å². The van der Waals surface area contributed by atoms with E-state index in [1.54, 1.807) is 0 Å². The molecule has 21 heavy (non-hydrogen) atoms. The minimum Gasteiger partial charge on any atom is -0.488 e. The Morgan fingerprint density at radius 1 is 1.14 bits per heavy atom. The van der Waals surface area contributed by atoms with Crippen LogP contribution >= 0.6 is 23.2 Å². The molecule has 1 aliphatic heterocycles. The van der Waals surface area contributed by atoms with Crippen molar-refractivity contribution < 1.29 is 4.74 Å². The summed E-state index contributed by atoms with van der Waals surface area (Å²) in [4.78, 5) is 0. The van der Waals surface area contributed by atoms with Crippen LogP contribution in [0.3, 0.4) is 0 Å². The van der Waals surface area contributed by atoms with Crippen molar-refractivity contribution >= 4 is 23.2 Å². The summed E-state index contributed by atoms with van der Waals surface area (Å²) in [6.07, 6.45) is 1.75. The average molecular weight is 322 g/mol. The van der Waals surface area contributed by atoms with Crippen LogP contribution in [0.5, 0.6) is 5.75 Å². The molecule has 2 atom stereocenters. The van der Waals surface area contributed by atoms with Crippen LogP contribution in [-0.2, 0) is 12.8 Å². The van der Waals surface area contributed by atoms with Gasteiger partial charge in [-0.15, -0.1) is 0 Å². The van der Waals surface area contributed by atoms with E-state index in [2.05, 4.69) is 11.4 Å². The van der Waals surface area contributed by atoms with Gasteiger partial charge in [0, 0.05) is 22.5 Å². The molecule has 0 fully saturated rings. The largest absolute Gasteiger partial charge is 0.488 e. The van der Waals surface area contributed by atoms with Gasteiger partial charge in [-0.05, 0) is 42.8 Å². The molecule has 4 heteroatoms. The molecule has 0 radical (unpaired) electrons. The lowest BCUT2D eigenvalue weighted by Crippen LogP contribution is -2.42. The maximum absolute atomic E-state index is 6.27. The van der Waals surface area contributed by atoms with Gasteiger partial charge in [-0.1, -0.05) is 47.5 Å². The van der Waals surface area contributed by atoms with E-state index in [0.717, 1.165) is 24.2 Å². The highest BCUT2D eigenvalue weighted by atomic mass is 35.5. The van der Waals surface area contributed by atoms with Crippen LogP contribution in [0.2, 0.25) is 10.0 Å². The van der Waals surface area contributed by atoms with Crippen LogP contribution in [0.25, 0.3) is 0 Å². The van der Waals surface area contributed by atoms with Gasteiger partial charge in [0.05, 0.1) is 0 Å². The van der Waals surface area contributed by atoms with Crippen LogP contribution in [0.1, 0.15) is 11.1 Å². The number of benzene rings is 2. The molecule has 0 bridgehead atoms. The SMILES string of the molecule is CNC(Cc1c(Cl)cccc1Cl)C1Cc2ccccc2O1. The van der Waals surface area contributed by atoms with E-state index >= 15 is 0 Å². The van der Waals surface area contributed by atoms with Gasteiger partial charge < -0.3 is 10.1 Å². The van der Waals surface area contributed by atoms with Crippen LogP contribution in [0, 0.1) is 0 Å². The number of para-hydroxylation sites is 1. The van der Waals surface area contributed by atoms with Crippen LogP contribution < -0.4 is 10.1 Å². The average Bonchev–Trinajstić information content (AvgIpc) is 2.90. The first-order valence-electron chi connectivity index (χ1n) is 7.03. The van der Waals surface area contributed by atoms with Gasteiger partial charge in [0.25, 0.3) is 0 Å². The fourth-order valence-electron chi connectivity index (χ4n) is 2.80. The van der Waals surface area contributed by atoms with Gasteiger partial charge in [-0.2, -0.15) is 0 Å². The topological polar surface area (TPSA) is 21.3 Å². The Morgan fingerprint density at radius 2 is 1.86 bits per heavy atom. The second kappa shape index (κ2) is 6.27. The molecule has 0 aliphatic carbocycles. The third-order valence-corrected chi connectivity index (χ3v) is 4.69. The maximum atomic E-state index is 6.27. The quantitative estimate of drug-likeness (QED) is 0.914. The van der Waals surface area contributed by atoms with Gasteiger partial charge in [0.1, 0.15) is 11.9 Å². The number of fused-ring (bicyclic) bond motifs is 1. The Hall–Kier alpha value is -1.22. The molecule has 3 rings (SSSR count). The van der Waals surface area contributed by atoms with Crippen molar-refractivity contribution in [2.24, 2.45) is 0 Å². The van der Waals surface area contributed by atoms with Crippen molar-refractivity contribution in [3.63, 3.8) is 0 Å². The van der Waals surface area contributed by atoms with Crippen LogP contribution in [0.15, 0.2) is 42.5 Å². The zero-order chi connectivity index (χ0) is 14.8. The monoisotopic (exact) mass is 321 g/mol. The molecular weight excluding hydrogens is 305 g/mol. The van der Waals surface area contributed by atoms with Gasteiger partial charge in [-0.25, -0.2) is 0 Å². The van der Waals surface area contributed by atoms with Crippen LogP contribution in [-0.4, -0.2) is 19.2 Å². The Balaban J connectivity index is 1.78. The van der Waals surface area contributed by atoms with Crippen molar-refractivity contribution in [3.05, 3.63) is 63.6 Å². The molecule has 2 aromatic carbocycles. The third kappa shape index (κ3) is 3.03. The lowest BCUT2D eigenvalue weighted by molar-refractivity contribution is 0.182. The molecule has 0 saturated carbocycles. The molecule has 2 aromatic rings. The second-order valence-electron chi connectivity index (χ2n) is 5.27. The molecule has 110 valence electrons. The Morgan fingerprint density at radius 3 is 2.52 bits per heavy atom. The van der Waals surface area contributed by atoms with E-state index < -0.39 is 0 Å². The molecular formula is C17H17Cl2NO. The molecule has 1 heterocycles. The molecule has 1 N–H and O–H groups in total. The first-order valence-corrected chi connectivity index (χ1v) is 7.79. The van der Waals surface area contributed by atoms with E-state index in [9.17, 15) is 0 Å². The number of ether oxygens (including phenoxy) is 1. The van der Waals surface area contributed by atoms with Crippen LogP contribution in [0.4, 0.5) is 0 Å². The molecule has 1 aliphatic rings. The highest BCUT2D eigenvalue weighted by molar-refractivity contribution is 6.36. The maximum Gasteiger partial charge on any atom is 0.123 e. The predicted molar refractivity (Wildman–Crippen MR) is 87.6 cm³/mol. The first-order chi connectivity index (χ1) is 10.2. The molecule has 2 nitrogen and oxygen atoms in total. The highest BCUT2D eigenvalue weighted by Gasteiger charge is 2.30. The Labute approximate surface area is 135 Å². The first kappa shape index (κ1) is 14.7. The van der Waals surface area contributed by atoms with Crippen molar-refractivity contribution in [2.45, 2.75) is 25.0 Å². The lowest BCUT2D eigenvalue weighted by atomic mass is 9.98. The molecule has 2 unspecified atom stereocenters. The zero-order valence-electron chi connectivity index (χ0n) is 11.8. The van der Waals surface area contributed by atoms with E-state index in [0.29, 0.717) is 10.0 Å². The van der Waals surface area contributed by atoms with E-state index in [1.807, 2.05) is 43.4 Å². The number of hydrogen-bond donors (Lipinski definition) is 1. The van der Waals surface area contributed by atoms with Gasteiger partial charge >= 0.3 is 0 Å². The molecule has 0 spiro atoms. The van der Waals surface area contributed by atoms with Gasteiger partial charge in [0.15, 0.2) is 0 Å². The summed E-state index contributed by atoms with van der Waals surface area (Å²) in [5.41, 5.74) is 2.23. The van der Waals surface area contributed by atoms with E-state index in [-0.39, 0.29) is 12.1 Å². The highest BCUT2D eigenvalue weighted by Crippen LogP contribution is 2.32. The van der Waals surface area contributed by atoms with Crippen molar-refractivity contribution in [1.29, 1.82) is 0 Å². The number of halogens is 2. The summed E-state index contributed by atoms with van der Waals surface area (Å²) in [5.74, 6) is 0.980. The summed E-state index contributed by atoms with van der Waals surface area (Å²) in [6, 6.07) is 14.0. The second-order valence-corrected chi connectivity index (χ2v) is 6.08. The standard InChI is InChI=1S/C17H17Cl2NO/c1-20-15(10-12-13(18)6-4-7-14(12)19)17-9-11-5-2-3-8-16(11)21-17/h2-8,15,17,20H,9-10H2,1H3. The smallest absolute Gasteiger partial charge is 0.123 e. The zero-order valence-corrected chi connectivity index (χ0v) is 13.3. The summed E-state index contributed by atoms with van der Waals surface area (Å²) >= 11 is 12.5. The number of rotatable bonds is 4. The number of likely N-dealkylation sites (N-methyl/N-ethyl adjacent to an activating group) is 1. The summed E-state index contributed by atoms with van der Waals surface area (Å²) in [5, 5.41) is 4.75. The Kier molecular flexibility index (Phi) is 4.39. The lowest BCUT2D eigenvalue weighted by Gasteiger charge is -2.23. The minimum absolute atomic E-state index is 0.0970. The fourth-order valence-corrected chi connectivity index (χ4v) is 3.35. The molecule has 0 amide bonds. The van der Waals surface area contributed by atoms with Gasteiger partial charge in [0.2, 0.25) is 0 Å². The number of nitrogens with one attached hydrogen (secondary N) is 1. The molecule has 0 saturated heterocycles. The van der Waals surface area contributed by atoms with Crippen molar-refractivity contribution in [3.8, 4) is 5.75 Å². The number of hydrogen-bond acceptors (Lipinski definition) is 2. The van der Waals surface area contributed by atoms with Gasteiger partial charge in [-0.3, -0.25) is 0 Å². The normalized spacial score (nSPS) is 18.1. The van der Waals surface area contributed by atoms with E-state index in [1.165, 1.54) is 5.56 Å². The molecule has 0 aromatic heterocycles. The Bertz CT molecular complexity index is 599. The van der Waals surface area contributed by atoms with Crippen molar-refractivity contribution in [1.82, 2.24) is 5.32 Å². The summed E-state index contributed by atoms with van der Waals surface area (Å²) < 4.78 is 6.06. The summed E-state index contributed by atoms with van der Waals surface area (Å²) in [7, 11) is 1.95.